The summed E-state index contributed by atoms with van der Waals surface area (Å²) in [5.41, 5.74) is 7.19. The minimum absolute atomic E-state index is 0.136. The third-order valence-electron chi connectivity index (χ3n) is 4.58. The molecule has 1 heteroatoms. The van der Waals surface area contributed by atoms with Crippen molar-refractivity contribution >= 4 is 0 Å². The Morgan fingerprint density at radius 2 is 1.82 bits per heavy atom. The van der Waals surface area contributed by atoms with E-state index in [9.17, 15) is 0 Å². The molecule has 1 saturated carbocycles. The van der Waals surface area contributed by atoms with Crippen LogP contribution in [0.15, 0.2) is 0 Å². The average Bonchev–Trinajstić information content (AvgIpc) is 2.37. The summed E-state index contributed by atoms with van der Waals surface area (Å²) < 4.78 is 0. The summed E-state index contributed by atoms with van der Waals surface area (Å²) >= 11 is 0. The van der Waals surface area contributed by atoms with Crippen molar-refractivity contribution in [2.45, 2.75) is 85.1 Å². The highest BCUT2D eigenvalue weighted by Crippen LogP contribution is 2.36. The average molecular weight is 239 g/mol. The van der Waals surface area contributed by atoms with E-state index in [0.717, 1.165) is 11.8 Å². The molecule has 102 valence electrons. The summed E-state index contributed by atoms with van der Waals surface area (Å²) in [6, 6.07) is 0. The van der Waals surface area contributed by atoms with Crippen LogP contribution in [0.3, 0.4) is 0 Å². The molecule has 1 aliphatic carbocycles. The van der Waals surface area contributed by atoms with E-state index in [1.54, 1.807) is 0 Å². The Morgan fingerprint density at radius 3 is 2.35 bits per heavy atom. The van der Waals surface area contributed by atoms with E-state index < -0.39 is 0 Å². The highest BCUT2D eigenvalue weighted by Gasteiger charge is 2.31. The summed E-state index contributed by atoms with van der Waals surface area (Å²) in [7, 11) is 0. The molecule has 0 heterocycles. The van der Waals surface area contributed by atoms with Crippen LogP contribution in [0.4, 0.5) is 0 Å². The molecule has 0 radical (unpaired) electrons. The van der Waals surface area contributed by atoms with Crippen LogP contribution in [-0.2, 0) is 0 Å². The largest absolute Gasteiger partial charge is 0.325 e. The van der Waals surface area contributed by atoms with Crippen molar-refractivity contribution in [3.63, 3.8) is 0 Å². The molecular weight excluding hydrogens is 206 g/mol. The van der Waals surface area contributed by atoms with Crippen molar-refractivity contribution in [3.05, 3.63) is 0 Å². The fourth-order valence-electron chi connectivity index (χ4n) is 3.00. The topological polar surface area (TPSA) is 26.0 Å². The number of hydrogen-bond donors (Lipinski definition) is 1. The number of nitrogens with two attached hydrogens (primary N) is 1. The molecule has 1 rings (SSSR count). The molecule has 0 aliphatic heterocycles. The minimum atomic E-state index is 0.136. The van der Waals surface area contributed by atoms with Crippen molar-refractivity contribution in [2.75, 3.05) is 0 Å². The summed E-state index contributed by atoms with van der Waals surface area (Å²) in [6.45, 7) is 11.7. The Bertz CT molecular complexity index is 226. The van der Waals surface area contributed by atoms with Gasteiger partial charge in [0.05, 0.1) is 0 Å². The van der Waals surface area contributed by atoms with Gasteiger partial charge in [0.15, 0.2) is 0 Å². The van der Waals surface area contributed by atoms with Crippen LogP contribution in [0, 0.1) is 17.3 Å². The van der Waals surface area contributed by atoms with Crippen molar-refractivity contribution in [3.8, 4) is 0 Å². The Hall–Kier alpha value is -0.0400. The van der Waals surface area contributed by atoms with E-state index in [0.29, 0.717) is 5.41 Å². The molecule has 0 aromatic heterocycles. The van der Waals surface area contributed by atoms with Crippen LogP contribution >= 0.6 is 0 Å². The fraction of sp³-hybridized carbons (Fsp3) is 1.00. The van der Waals surface area contributed by atoms with Crippen LogP contribution in [0.25, 0.3) is 0 Å². The van der Waals surface area contributed by atoms with Crippen LogP contribution in [-0.4, -0.2) is 5.54 Å². The third-order valence-corrected chi connectivity index (χ3v) is 4.58. The Morgan fingerprint density at radius 1 is 1.18 bits per heavy atom. The van der Waals surface area contributed by atoms with Crippen LogP contribution in [0.5, 0.6) is 0 Å². The maximum Gasteiger partial charge on any atom is 0.0154 e. The second-order valence-electron chi connectivity index (χ2n) is 7.86. The molecule has 0 aromatic rings. The van der Waals surface area contributed by atoms with E-state index in [2.05, 4.69) is 34.6 Å². The zero-order valence-electron chi connectivity index (χ0n) is 12.7. The molecule has 1 fully saturated rings. The molecule has 2 unspecified atom stereocenters. The summed E-state index contributed by atoms with van der Waals surface area (Å²) in [5, 5.41) is 0. The maximum absolute atomic E-state index is 6.63. The van der Waals surface area contributed by atoms with E-state index in [1.165, 1.54) is 44.9 Å². The van der Waals surface area contributed by atoms with Gasteiger partial charge in [-0.15, -0.1) is 0 Å². The number of rotatable bonds is 3. The predicted octanol–water partition coefficient (Wildman–Crippen LogP) is 4.75. The van der Waals surface area contributed by atoms with Gasteiger partial charge >= 0.3 is 0 Å². The smallest absolute Gasteiger partial charge is 0.0154 e. The van der Waals surface area contributed by atoms with Gasteiger partial charge in [-0.1, -0.05) is 47.5 Å². The van der Waals surface area contributed by atoms with Gasteiger partial charge in [-0.25, -0.2) is 0 Å². The lowest BCUT2D eigenvalue weighted by Gasteiger charge is -2.31. The lowest BCUT2D eigenvalue weighted by Crippen LogP contribution is -2.40. The predicted molar refractivity (Wildman–Crippen MR) is 77.0 cm³/mol. The van der Waals surface area contributed by atoms with Gasteiger partial charge in [0, 0.05) is 5.54 Å². The molecular formula is C16H33N. The van der Waals surface area contributed by atoms with E-state index in [-0.39, 0.29) is 5.54 Å². The van der Waals surface area contributed by atoms with E-state index >= 15 is 0 Å². The van der Waals surface area contributed by atoms with Crippen molar-refractivity contribution in [1.29, 1.82) is 0 Å². The van der Waals surface area contributed by atoms with E-state index in [4.69, 9.17) is 5.73 Å². The fourth-order valence-corrected chi connectivity index (χ4v) is 3.00. The molecule has 0 saturated heterocycles. The van der Waals surface area contributed by atoms with Gasteiger partial charge < -0.3 is 5.73 Å². The molecule has 0 amide bonds. The van der Waals surface area contributed by atoms with Crippen LogP contribution in [0.2, 0.25) is 0 Å². The van der Waals surface area contributed by atoms with Crippen molar-refractivity contribution in [2.24, 2.45) is 23.0 Å². The van der Waals surface area contributed by atoms with Gasteiger partial charge in [0.2, 0.25) is 0 Å². The standard InChI is InChI=1S/C16H33N/c1-13(2)14-7-6-9-16(17,10-8-14)12-11-15(3,4)5/h13-14H,6-12,17H2,1-5H3. The van der Waals surface area contributed by atoms with Gasteiger partial charge in [-0.2, -0.15) is 0 Å². The van der Waals surface area contributed by atoms with Gasteiger partial charge in [-0.3, -0.25) is 0 Å². The Kier molecular flexibility index (Phi) is 5.07. The Balaban J connectivity index is 2.48. The monoisotopic (exact) mass is 239 g/mol. The van der Waals surface area contributed by atoms with Gasteiger partial charge in [-0.05, 0) is 49.4 Å². The maximum atomic E-state index is 6.63. The molecule has 0 spiro atoms. The lowest BCUT2D eigenvalue weighted by molar-refractivity contribution is 0.262. The first-order chi connectivity index (χ1) is 7.72. The molecule has 0 aromatic carbocycles. The Labute approximate surface area is 109 Å². The van der Waals surface area contributed by atoms with Crippen molar-refractivity contribution < 1.29 is 0 Å². The summed E-state index contributed by atoms with van der Waals surface area (Å²) in [6.07, 6.45) is 9.03. The summed E-state index contributed by atoms with van der Waals surface area (Å²) in [4.78, 5) is 0. The van der Waals surface area contributed by atoms with Gasteiger partial charge in [0.25, 0.3) is 0 Å². The highest BCUT2D eigenvalue weighted by molar-refractivity contribution is 4.89. The molecule has 0 bridgehead atoms. The summed E-state index contributed by atoms with van der Waals surface area (Å²) in [5.74, 6) is 1.75. The minimum Gasteiger partial charge on any atom is -0.325 e. The zero-order valence-corrected chi connectivity index (χ0v) is 12.7. The van der Waals surface area contributed by atoms with Crippen LogP contribution < -0.4 is 5.73 Å². The van der Waals surface area contributed by atoms with Crippen LogP contribution in [0.1, 0.15) is 79.6 Å². The molecule has 2 N–H and O–H groups in total. The molecule has 17 heavy (non-hydrogen) atoms. The number of hydrogen-bond acceptors (Lipinski definition) is 1. The first kappa shape index (κ1) is 15.0. The van der Waals surface area contributed by atoms with E-state index in [1.807, 2.05) is 0 Å². The quantitative estimate of drug-likeness (QED) is 0.707. The normalized spacial score (nSPS) is 31.6. The van der Waals surface area contributed by atoms with Crippen molar-refractivity contribution in [1.82, 2.24) is 0 Å². The molecule has 1 nitrogen and oxygen atoms in total. The first-order valence-corrected chi connectivity index (χ1v) is 7.51. The molecule has 1 aliphatic rings. The second kappa shape index (κ2) is 5.73. The zero-order chi connectivity index (χ0) is 13.1. The second-order valence-corrected chi connectivity index (χ2v) is 7.86. The lowest BCUT2D eigenvalue weighted by atomic mass is 9.79. The SMILES string of the molecule is CC(C)C1CCCC(N)(CCC(C)(C)C)CC1. The first-order valence-electron chi connectivity index (χ1n) is 7.51. The van der Waals surface area contributed by atoms with Gasteiger partial charge in [0.1, 0.15) is 0 Å². The third kappa shape index (κ3) is 5.42. The molecule has 2 atom stereocenters. The highest BCUT2D eigenvalue weighted by atomic mass is 14.7.